The summed E-state index contributed by atoms with van der Waals surface area (Å²) < 4.78 is 0. The number of carbonyl (C=O) groups excluding carboxylic acids is 11. The molecule has 2 heterocycles. The van der Waals surface area contributed by atoms with E-state index in [1.165, 1.54) is 55.4 Å². The first kappa shape index (κ1) is 81.9. The van der Waals surface area contributed by atoms with Gasteiger partial charge in [0.15, 0.2) is 0 Å². The van der Waals surface area contributed by atoms with Gasteiger partial charge in [0.1, 0.15) is 60.1 Å². The first-order valence-corrected chi connectivity index (χ1v) is 35.8. The Bertz CT molecular complexity index is 3940. The van der Waals surface area contributed by atoms with Crippen LogP contribution in [0.1, 0.15) is 115 Å². The van der Waals surface area contributed by atoms with E-state index in [0.29, 0.717) is 70.8 Å². The number of halogens is 1. The first-order chi connectivity index (χ1) is 50.1. The van der Waals surface area contributed by atoms with Crippen LogP contribution in [0.15, 0.2) is 140 Å². The molecule has 1 saturated heterocycles. The van der Waals surface area contributed by atoms with Crippen molar-refractivity contribution in [2.24, 2.45) is 11.7 Å². The number of fused-ring (bicyclic) bond motifs is 1. The van der Waals surface area contributed by atoms with E-state index in [0.717, 1.165) is 10.8 Å². The van der Waals surface area contributed by atoms with Crippen molar-refractivity contribution in [1.82, 2.24) is 63.1 Å². The van der Waals surface area contributed by atoms with E-state index < -0.39 is 126 Å². The molecule has 0 saturated carbocycles. The molecule has 1 aliphatic rings. The number of unbranched alkanes of at least 4 members (excludes halogenated alkanes) is 1. The SMILES string of the molecule is CC(=O)Nc1ccc(C[C@@H](NC(=O)[C@H](Cc2ccc(O)cc2)NC(=O)[C@H](CO)NC(=O)[C@@H](Cc2cccnc2)NC(=O)[C@@H](Cc2ccc(Cl)cc2)NC(=O)[C@@H](Cc2ccc3ccccc3c2)NC(C)=O)C(=O)N[C@@H](CC(C)C)C(=O)N[C@@H](CCCCNC(C)C)C(=O)N2CCC[C@H]2C(=O)N[C@H](C)N)cc1. The third-order valence-electron chi connectivity index (χ3n) is 17.5. The monoisotopic (exact) mass is 1460 g/mol. The summed E-state index contributed by atoms with van der Waals surface area (Å²) in [7, 11) is 0. The molecule has 1 aromatic heterocycles. The predicted octanol–water partition coefficient (Wildman–Crippen LogP) is 3.58. The highest BCUT2D eigenvalue weighted by Gasteiger charge is 2.40. The summed E-state index contributed by atoms with van der Waals surface area (Å²) in [6.07, 6.45) is 3.71. The summed E-state index contributed by atoms with van der Waals surface area (Å²) >= 11 is 6.25. The third kappa shape index (κ3) is 26.7. The molecule has 10 atom stereocenters. The topological polar surface area (TPSA) is 403 Å². The summed E-state index contributed by atoms with van der Waals surface area (Å²) in [5.41, 5.74) is 8.92. The molecule has 105 heavy (non-hydrogen) atoms. The van der Waals surface area contributed by atoms with E-state index in [-0.39, 0.29) is 75.1 Å². The number of hydrogen-bond acceptors (Lipinski definition) is 16. The average molecular weight is 1460 g/mol. The minimum absolute atomic E-state index is 0.0373. The lowest BCUT2D eigenvalue weighted by Gasteiger charge is -2.31. The first-order valence-electron chi connectivity index (χ1n) is 35.5. The van der Waals surface area contributed by atoms with Crippen LogP contribution in [0.4, 0.5) is 5.69 Å². The number of pyridine rings is 1. The molecule has 0 radical (unpaired) electrons. The molecule has 6 aromatic rings. The van der Waals surface area contributed by atoms with Crippen molar-refractivity contribution in [3.05, 3.63) is 173 Å². The zero-order chi connectivity index (χ0) is 76.3. The summed E-state index contributed by atoms with van der Waals surface area (Å²) in [4.78, 5) is 162. The predicted molar refractivity (Wildman–Crippen MR) is 398 cm³/mol. The second-order valence-electron chi connectivity index (χ2n) is 27.3. The maximum Gasteiger partial charge on any atom is 0.245 e. The number of anilines is 1. The molecule has 0 unspecified atom stereocenters. The molecular formula is C77H99ClN14O13. The van der Waals surface area contributed by atoms with E-state index in [9.17, 15) is 53.4 Å². The van der Waals surface area contributed by atoms with Crippen molar-refractivity contribution in [2.45, 2.75) is 186 Å². The van der Waals surface area contributed by atoms with Crippen LogP contribution in [0.5, 0.6) is 5.75 Å². The Morgan fingerprint density at radius 2 is 1.00 bits per heavy atom. The number of amides is 11. The molecule has 0 aliphatic carbocycles. The number of rotatable bonds is 38. The van der Waals surface area contributed by atoms with Crippen molar-refractivity contribution in [3.8, 4) is 5.75 Å². The number of aromatic hydroxyl groups is 1. The zero-order valence-corrected chi connectivity index (χ0v) is 61.1. The molecule has 27 nitrogen and oxygen atoms in total. The van der Waals surface area contributed by atoms with Gasteiger partial charge in [-0.15, -0.1) is 0 Å². The molecule has 0 spiro atoms. The lowest BCUT2D eigenvalue weighted by Crippen LogP contribution is -2.62. The second kappa shape index (κ2) is 40.6. The second-order valence-corrected chi connectivity index (χ2v) is 27.8. The molecular weight excluding hydrogens is 1360 g/mol. The Hall–Kier alpha value is -10.3. The summed E-state index contributed by atoms with van der Waals surface area (Å²) in [5.74, 6) is -8.31. The van der Waals surface area contributed by atoms with Gasteiger partial charge in [0.25, 0.3) is 0 Å². The highest BCUT2D eigenvalue weighted by Crippen LogP contribution is 2.23. The number of benzene rings is 5. The maximum absolute atomic E-state index is 15.2. The lowest BCUT2D eigenvalue weighted by molar-refractivity contribution is -0.142. The van der Waals surface area contributed by atoms with Crippen LogP contribution in [0.25, 0.3) is 10.8 Å². The van der Waals surface area contributed by atoms with E-state index in [1.807, 2.05) is 70.2 Å². The molecule has 28 heteroatoms. The maximum atomic E-state index is 15.2. The van der Waals surface area contributed by atoms with E-state index >= 15 is 9.59 Å². The quantitative estimate of drug-likeness (QED) is 0.0195. The summed E-state index contributed by atoms with van der Waals surface area (Å²) in [6, 6.07) is 22.9. The Morgan fingerprint density at radius 3 is 1.51 bits per heavy atom. The fourth-order valence-electron chi connectivity index (χ4n) is 12.3. The van der Waals surface area contributed by atoms with Gasteiger partial charge in [-0.3, -0.25) is 57.7 Å². The normalized spacial score (nSPS) is 15.3. The van der Waals surface area contributed by atoms with Gasteiger partial charge >= 0.3 is 0 Å². The average Bonchev–Trinajstić information content (AvgIpc) is 1.82. The lowest BCUT2D eigenvalue weighted by atomic mass is 9.99. The molecule has 11 amide bonds. The number of aromatic nitrogens is 1. The Labute approximate surface area is 616 Å². The van der Waals surface area contributed by atoms with Gasteiger partial charge in [-0.05, 0) is 139 Å². The molecule has 1 fully saturated rings. The number of phenolic OH excluding ortho intramolecular Hbond substituents is 1. The number of phenols is 1. The molecule has 15 N–H and O–H groups in total. The highest BCUT2D eigenvalue weighted by molar-refractivity contribution is 6.30. The number of likely N-dealkylation sites (tertiary alicyclic amines) is 1. The Balaban J connectivity index is 1.16. The van der Waals surface area contributed by atoms with Gasteiger partial charge in [-0.25, -0.2) is 0 Å². The largest absolute Gasteiger partial charge is 0.508 e. The van der Waals surface area contributed by atoms with E-state index in [1.54, 1.807) is 67.6 Å². The zero-order valence-electron chi connectivity index (χ0n) is 60.3. The van der Waals surface area contributed by atoms with Gasteiger partial charge in [0.2, 0.25) is 65.0 Å². The van der Waals surface area contributed by atoms with E-state index in [4.69, 9.17) is 17.3 Å². The summed E-state index contributed by atoms with van der Waals surface area (Å²) in [6.45, 7) is 11.7. The molecule has 562 valence electrons. The standard InChI is InChI=1S/C77H99ClN14O13/c1-45(2)36-61(69(97)85-60(17-10-11-34-81-46(3)4)77(105)92-35-13-18-68(92)76(104)82-47(5)79)86-71(99)64(39-51-22-29-58(30-23-51)83-48(6)94)88-73(101)65(40-52-24-31-59(96)32-25-52)90-75(103)67(44-93)91-74(102)66(42-54-14-12-33-80-43-54)89-72(100)63(38-50-20-27-57(78)28-21-50)87-70(98)62(84-49(7)95)41-53-19-26-55-15-8-9-16-56(55)37-53/h8-9,12,14-16,19-33,37,43,45-47,60-68,81,93,96H,10-11,13,17-18,34-36,38-42,44,79H2,1-7H3,(H,82,104)(H,83,94)(H,84,95)(H,85,97)(H,86,99)(H,87,98)(H,88,101)(H,89,100)(H,90,103)(H,91,102)/t47-,60+,61+,62-,63-,64-,65+,66-,67+,68+/m1/s1. The molecule has 1 aliphatic heterocycles. The number of hydrogen-bond donors (Lipinski definition) is 14. The smallest absolute Gasteiger partial charge is 0.245 e. The fraction of sp³-hybridized carbons (Fsp3) is 0.429. The summed E-state index contributed by atoms with van der Waals surface area (Å²) in [5, 5.41) is 54.2. The van der Waals surface area contributed by atoms with Crippen molar-refractivity contribution >= 4 is 93.0 Å². The third-order valence-corrected chi connectivity index (χ3v) is 17.8. The molecule has 0 bridgehead atoms. The number of carbonyl (C=O) groups is 11. The number of aliphatic hydroxyl groups is 1. The van der Waals surface area contributed by atoms with Gasteiger partial charge in [0, 0.05) is 81.6 Å². The van der Waals surface area contributed by atoms with Crippen molar-refractivity contribution in [1.29, 1.82) is 0 Å². The van der Waals surface area contributed by atoms with Crippen LogP contribution >= 0.6 is 11.6 Å². The fourth-order valence-corrected chi connectivity index (χ4v) is 12.4. The molecule has 5 aromatic carbocycles. The Morgan fingerprint density at radius 1 is 0.524 bits per heavy atom. The number of nitrogens with one attached hydrogen (secondary N) is 11. The number of nitrogens with two attached hydrogens (primary N) is 1. The van der Waals surface area contributed by atoms with Gasteiger partial charge in [0.05, 0.1) is 12.8 Å². The van der Waals surface area contributed by atoms with Crippen molar-refractivity contribution < 1.29 is 63.0 Å². The van der Waals surface area contributed by atoms with E-state index in [2.05, 4.69) is 63.5 Å². The highest BCUT2D eigenvalue weighted by atomic mass is 35.5. The van der Waals surface area contributed by atoms with Crippen LogP contribution in [0, 0.1) is 5.92 Å². The minimum atomic E-state index is -1.83. The van der Waals surface area contributed by atoms with Crippen molar-refractivity contribution in [2.75, 3.05) is 25.0 Å². The van der Waals surface area contributed by atoms with Crippen LogP contribution in [0.2, 0.25) is 5.02 Å². The van der Waals surface area contributed by atoms with Crippen LogP contribution in [-0.2, 0) is 84.8 Å². The molecule has 7 rings (SSSR count). The van der Waals surface area contributed by atoms with Crippen LogP contribution < -0.4 is 64.2 Å². The number of aliphatic hydroxyl groups excluding tert-OH is 1. The Kier molecular flexibility index (Phi) is 31.7. The van der Waals surface area contributed by atoms with Crippen LogP contribution in [0.3, 0.4) is 0 Å². The minimum Gasteiger partial charge on any atom is -0.508 e. The number of nitrogens with zero attached hydrogens (tertiary/aromatic N) is 2. The van der Waals surface area contributed by atoms with Crippen molar-refractivity contribution in [3.63, 3.8) is 0 Å². The van der Waals surface area contributed by atoms with Gasteiger partial charge in [-0.2, -0.15) is 0 Å². The van der Waals surface area contributed by atoms with Gasteiger partial charge in [-0.1, -0.05) is 124 Å². The van der Waals surface area contributed by atoms with Gasteiger partial charge < -0.3 is 79.3 Å². The van der Waals surface area contributed by atoms with Crippen LogP contribution in [-0.4, -0.2) is 171 Å².